The zero-order chi connectivity index (χ0) is 8.67. The van der Waals surface area contributed by atoms with E-state index >= 15 is 0 Å². The van der Waals surface area contributed by atoms with E-state index in [9.17, 15) is 0 Å². The molecule has 0 aromatic heterocycles. The Labute approximate surface area is 80.7 Å². The average Bonchev–Trinajstić information content (AvgIpc) is 2.79. The minimum absolute atomic E-state index is 0.906. The maximum atomic E-state index is 3.54. The Morgan fingerprint density at radius 1 is 1.00 bits per heavy atom. The molecule has 0 aromatic rings. The van der Waals surface area contributed by atoms with E-state index in [0.29, 0.717) is 0 Å². The van der Waals surface area contributed by atoms with Crippen LogP contribution in [0.5, 0.6) is 0 Å². The molecule has 74 valence electrons. The first-order valence-electron chi connectivity index (χ1n) is 5.91. The molecular formula is C11H20N2. The van der Waals surface area contributed by atoms with Crippen LogP contribution in [-0.4, -0.2) is 36.6 Å². The van der Waals surface area contributed by atoms with Crippen LogP contribution in [0.2, 0.25) is 0 Å². The summed E-state index contributed by atoms with van der Waals surface area (Å²) in [7, 11) is 0. The molecule has 0 amide bonds. The number of hydrogen-bond donors (Lipinski definition) is 1. The van der Waals surface area contributed by atoms with Gasteiger partial charge in [-0.2, -0.15) is 0 Å². The molecule has 2 atom stereocenters. The minimum Gasteiger partial charge on any atom is -0.315 e. The smallest absolute Gasteiger partial charge is 0.0264 e. The van der Waals surface area contributed by atoms with Crippen molar-refractivity contribution in [2.75, 3.05) is 19.6 Å². The molecule has 0 spiro atoms. The Morgan fingerprint density at radius 3 is 2.69 bits per heavy atom. The standard InChI is InChI=1S/C11H20N2/c1-2-4-10(3-1)13-6-5-9-7-12-8-11(9)13/h9-12H,1-8H2/t9-,11+/m1/s1. The van der Waals surface area contributed by atoms with Gasteiger partial charge in [-0.25, -0.2) is 0 Å². The van der Waals surface area contributed by atoms with Crippen LogP contribution in [0.15, 0.2) is 0 Å². The van der Waals surface area contributed by atoms with Gasteiger partial charge in [0, 0.05) is 18.6 Å². The summed E-state index contributed by atoms with van der Waals surface area (Å²) in [5.41, 5.74) is 0. The number of likely N-dealkylation sites (tertiary alicyclic amines) is 1. The van der Waals surface area contributed by atoms with Gasteiger partial charge in [-0.1, -0.05) is 12.8 Å². The first kappa shape index (κ1) is 8.25. The van der Waals surface area contributed by atoms with Gasteiger partial charge in [0.25, 0.3) is 0 Å². The lowest BCUT2D eigenvalue weighted by Gasteiger charge is -2.29. The zero-order valence-electron chi connectivity index (χ0n) is 8.34. The van der Waals surface area contributed by atoms with Gasteiger partial charge < -0.3 is 5.32 Å². The fraction of sp³-hybridized carbons (Fsp3) is 1.00. The highest BCUT2D eigenvalue weighted by Gasteiger charge is 2.40. The summed E-state index contributed by atoms with van der Waals surface area (Å²) >= 11 is 0. The molecule has 1 N–H and O–H groups in total. The molecule has 1 saturated carbocycles. The van der Waals surface area contributed by atoms with Crippen molar-refractivity contribution in [2.24, 2.45) is 5.92 Å². The molecule has 2 heteroatoms. The van der Waals surface area contributed by atoms with Crippen molar-refractivity contribution >= 4 is 0 Å². The van der Waals surface area contributed by atoms with E-state index in [2.05, 4.69) is 10.2 Å². The molecule has 13 heavy (non-hydrogen) atoms. The van der Waals surface area contributed by atoms with Gasteiger partial charge in [0.15, 0.2) is 0 Å². The van der Waals surface area contributed by atoms with E-state index < -0.39 is 0 Å². The Hall–Kier alpha value is -0.0800. The summed E-state index contributed by atoms with van der Waals surface area (Å²) in [5, 5.41) is 3.54. The Bertz CT molecular complexity index is 187. The Morgan fingerprint density at radius 2 is 1.85 bits per heavy atom. The molecule has 0 unspecified atom stereocenters. The second kappa shape index (κ2) is 3.25. The molecular weight excluding hydrogens is 160 g/mol. The fourth-order valence-electron chi connectivity index (χ4n) is 3.57. The second-order valence-electron chi connectivity index (χ2n) is 4.95. The van der Waals surface area contributed by atoms with E-state index in [-0.39, 0.29) is 0 Å². The highest BCUT2D eigenvalue weighted by atomic mass is 15.3. The number of fused-ring (bicyclic) bond motifs is 1. The monoisotopic (exact) mass is 180 g/mol. The minimum atomic E-state index is 0.906. The summed E-state index contributed by atoms with van der Waals surface area (Å²) in [6, 6.07) is 1.86. The lowest BCUT2D eigenvalue weighted by molar-refractivity contribution is 0.181. The third kappa shape index (κ3) is 1.31. The maximum absolute atomic E-state index is 3.54. The maximum Gasteiger partial charge on any atom is 0.0264 e. The Balaban J connectivity index is 1.70. The highest BCUT2D eigenvalue weighted by molar-refractivity contribution is 4.97. The number of rotatable bonds is 1. The summed E-state index contributed by atoms with van der Waals surface area (Å²) < 4.78 is 0. The molecule has 3 aliphatic rings. The quantitative estimate of drug-likeness (QED) is 0.653. The average molecular weight is 180 g/mol. The first-order chi connectivity index (χ1) is 6.45. The highest BCUT2D eigenvalue weighted by Crippen LogP contribution is 2.34. The summed E-state index contributed by atoms with van der Waals surface area (Å²) in [6.07, 6.45) is 7.36. The molecule has 0 aromatic carbocycles. The van der Waals surface area contributed by atoms with Gasteiger partial charge in [-0.15, -0.1) is 0 Å². The zero-order valence-corrected chi connectivity index (χ0v) is 8.34. The molecule has 2 aliphatic heterocycles. The third-order valence-electron chi connectivity index (χ3n) is 4.28. The predicted octanol–water partition coefficient (Wildman–Crippen LogP) is 1.22. The van der Waals surface area contributed by atoms with E-state index in [4.69, 9.17) is 0 Å². The second-order valence-corrected chi connectivity index (χ2v) is 4.95. The summed E-state index contributed by atoms with van der Waals surface area (Å²) in [5.74, 6) is 0.987. The van der Waals surface area contributed by atoms with Crippen LogP contribution in [0, 0.1) is 5.92 Å². The molecule has 3 fully saturated rings. The largest absolute Gasteiger partial charge is 0.315 e. The van der Waals surface area contributed by atoms with Crippen molar-refractivity contribution in [3.63, 3.8) is 0 Å². The molecule has 2 heterocycles. The molecule has 2 saturated heterocycles. The molecule has 0 radical (unpaired) electrons. The summed E-state index contributed by atoms with van der Waals surface area (Å²) in [6.45, 7) is 3.94. The van der Waals surface area contributed by atoms with Crippen LogP contribution in [-0.2, 0) is 0 Å². The van der Waals surface area contributed by atoms with Gasteiger partial charge >= 0.3 is 0 Å². The van der Waals surface area contributed by atoms with E-state index in [0.717, 1.165) is 18.0 Å². The van der Waals surface area contributed by atoms with Gasteiger partial charge in [0.05, 0.1) is 0 Å². The van der Waals surface area contributed by atoms with Crippen molar-refractivity contribution in [2.45, 2.75) is 44.2 Å². The third-order valence-corrected chi connectivity index (χ3v) is 4.28. The molecule has 3 rings (SSSR count). The number of nitrogens with one attached hydrogen (secondary N) is 1. The van der Waals surface area contributed by atoms with Crippen molar-refractivity contribution in [1.82, 2.24) is 10.2 Å². The van der Waals surface area contributed by atoms with Gasteiger partial charge in [-0.3, -0.25) is 4.90 Å². The van der Waals surface area contributed by atoms with Gasteiger partial charge in [0.2, 0.25) is 0 Å². The molecule has 1 aliphatic carbocycles. The van der Waals surface area contributed by atoms with Crippen LogP contribution >= 0.6 is 0 Å². The van der Waals surface area contributed by atoms with Crippen LogP contribution in [0.1, 0.15) is 32.1 Å². The van der Waals surface area contributed by atoms with Gasteiger partial charge in [0.1, 0.15) is 0 Å². The van der Waals surface area contributed by atoms with Crippen LogP contribution in [0.4, 0.5) is 0 Å². The summed E-state index contributed by atoms with van der Waals surface area (Å²) in [4.78, 5) is 2.82. The topological polar surface area (TPSA) is 15.3 Å². The van der Waals surface area contributed by atoms with Crippen LogP contribution in [0.25, 0.3) is 0 Å². The lowest BCUT2D eigenvalue weighted by Crippen LogP contribution is -2.40. The lowest BCUT2D eigenvalue weighted by atomic mass is 10.0. The normalized spacial score (nSPS) is 41.5. The number of hydrogen-bond acceptors (Lipinski definition) is 2. The van der Waals surface area contributed by atoms with E-state index in [1.807, 2.05) is 0 Å². The Kier molecular flexibility index (Phi) is 2.06. The van der Waals surface area contributed by atoms with Crippen LogP contribution in [0.3, 0.4) is 0 Å². The van der Waals surface area contributed by atoms with Crippen molar-refractivity contribution in [1.29, 1.82) is 0 Å². The predicted molar refractivity (Wildman–Crippen MR) is 53.7 cm³/mol. The molecule has 2 nitrogen and oxygen atoms in total. The van der Waals surface area contributed by atoms with E-state index in [1.165, 1.54) is 51.7 Å². The SMILES string of the molecule is C1CCC(N2CC[C@@H]3CNC[C@@H]32)C1. The van der Waals surface area contributed by atoms with E-state index in [1.54, 1.807) is 0 Å². The number of nitrogens with zero attached hydrogens (tertiary/aromatic N) is 1. The van der Waals surface area contributed by atoms with Gasteiger partial charge in [-0.05, 0) is 38.3 Å². The van der Waals surface area contributed by atoms with Crippen molar-refractivity contribution in [3.05, 3.63) is 0 Å². The molecule has 0 bridgehead atoms. The van der Waals surface area contributed by atoms with Crippen molar-refractivity contribution < 1.29 is 0 Å². The fourth-order valence-corrected chi connectivity index (χ4v) is 3.57. The van der Waals surface area contributed by atoms with Crippen molar-refractivity contribution in [3.8, 4) is 0 Å². The first-order valence-corrected chi connectivity index (χ1v) is 5.91. The van der Waals surface area contributed by atoms with Crippen LogP contribution < -0.4 is 5.32 Å².